The van der Waals surface area contributed by atoms with E-state index in [-0.39, 0.29) is 18.8 Å². The van der Waals surface area contributed by atoms with Gasteiger partial charge in [0.1, 0.15) is 0 Å². The lowest BCUT2D eigenvalue weighted by Gasteiger charge is -2.44. The predicted octanol–water partition coefficient (Wildman–Crippen LogP) is 1.73. The number of primary amides is 1. The van der Waals surface area contributed by atoms with E-state index in [0.717, 1.165) is 4.70 Å². The lowest BCUT2D eigenvalue weighted by atomic mass is 10.1. The van der Waals surface area contributed by atoms with Crippen LogP contribution >= 0.6 is 22.9 Å². The smallest absolute Gasteiger partial charge is 0.335 e. The first-order valence-electron chi connectivity index (χ1n) is 10.7. The van der Waals surface area contributed by atoms with E-state index in [2.05, 4.69) is 20.9 Å². The van der Waals surface area contributed by atoms with Crippen LogP contribution in [-0.2, 0) is 9.53 Å². The number of halogens is 1. The Morgan fingerprint density at radius 2 is 2.14 bits per heavy atom. The molecule has 2 unspecified atom stereocenters. The average molecular weight is 521 g/mol. The molecule has 1 aliphatic rings. The molecule has 1 amide bonds. The first-order chi connectivity index (χ1) is 16.8. The fourth-order valence-electron chi connectivity index (χ4n) is 4.05. The number of carbonyl (C=O) groups excluding carboxylic acids is 1. The molecular formula is C22H25ClN6O5S. The summed E-state index contributed by atoms with van der Waals surface area (Å²) in [6, 6.07) is 9.93. The minimum absolute atomic E-state index is 0.0714. The van der Waals surface area contributed by atoms with Crippen molar-refractivity contribution in [1.82, 2.24) is 10.3 Å². The topological polar surface area (TPSA) is 162 Å². The number of thiazole rings is 1. The molecule has 13 heteroatoms. The van der Waals surface area contributed by atoms with E-state index in [9.17, 15) is 19.8 Å². The minimum Gasteiger partial charge on any atom is -0.478 e. The van der Waals surface area contributed by atoms with Gasteiger partial charge in [-0.3, -0.25) is 4.79 Å². The number of aromatic nitrogens is 1. The molecule has 11 nitrogen and oxygen atoms in total. The highest BCUT2D eigenvalue weighted by Gasteiger charge is 2.53. The molecule has 0 radical (unpaired) electrons. The van der Waals surface area contributed by atoms with Gasteiger partial charge in [-0.1, -0.05) is 22.9 Å². The number of aliphatic hydroxyl groups excluding tert-OH is 1. The Balaban J connectivity index is 1.86. The maximum atomic E-state index is 12.7. The molecule has 35 heavy (non-hydrogen) atoms. The number of aromatic carboxylic acids is 1. The summed E-state index contributed by atoms with van der Waals surface area (Å²) in [5, 5.41) is 29.5. The highest BCUT2D eigenvalue weighted by Crippen LogP contribution is 2.44. The largest absolute Gasteiger partial charge is 0.478 e. The van der Waals surface area contributed by atoms with Crippen LogP contribution in [0.5, 0.6) is 0 Å². The highest BCUT2D eigenvalue weighted by molar-refractivity contribution is 7.22. The molecule has 0 bridgehead atoms. The van der Waals surface area contributed by atoms with Crippen molar-refractivity contribution >= 4 is 61.5 Å². The van der Waals surface area contributed by atoms with Gasteiger partial charge in [0.05, 0.1) is 40.4 Å². The van der Waals surface area contributed by atoms with Crippen LogP contribution < -0.4 is 26.6 Å². The molecule has 0 saturated carbocycles. The van der Waals surface area contributed by atoms with E-state index in [1.807, 2.05) is 4.90 Å². The number of amides is 1. The van der Waals surface area contributed by atoms with Crippen molar-refractivity contribution < 1.29 is 24.5 Å². The second kappa shape index (κ2) is 10.2. The monoisotopic (exact) mass is 520 g/mol. The SMILES string of the molecule is CNCCN1c2ccc(C(=O)O)cc2NC1(Nc1nc2ccc(Cl)cc2s1)C(OCCO)C(N)=O. The average Bonchev–Trinajstić information content (AvgIpc) is 3.34. The van der Waals surface area contributed by atoms with Gasteiger partial charge in [0.15, 0.2) is 11.2 Å². The van der Waals surface area contributed by atoms with Crippen molar-refractivity contribution in [1.29, 1.82) is 0 Å². The molecule has 0 saturated heterocycles. The van der Waals surface area contributed by atoms with Crippen molar-refractivity contribution in [2.75, 3.05) is 48.9 Å². The summed E-state index contributed by atoms with van der Waals surface area (Å²) in [6.45, 7) is 0.432. The second-order valence-corrected chi connectivity index (χ2v) is 9.28. The third kappa shape index (κ3) is 4.83. The molecular weight excluding hydrogens is 496 g/mol. The number of carbonyl (C=O) groups is 2. The van der Waals surface area contributed by atoms with Gasteiger partial charge in [0.2, 0.25) is 5.79 Å². The van der Waals surface area contributed by atoms with Gasteiger partial charge in [-0.25, -0.2) is 9.78 Å². The van der Waals surface area contributed by atoms with Gasteiger partial charge in [-0.05, 0) is 43.4 Å². The second-order valence-electron chi connectivity index (χ2n) is 7.82. The number of nitrogens with one attached hydrogen (secondary N) is 3. The Labute approximate surface area is 209 Å². The molecule has 186 valence electrons. The summed E-state index contributed by atoms with van der Waals surface area (Å²) in [5.74, 6) is -3.36. The van der Waals surface area contributed by atoms with E-state index in [0.29, 0.717) is 40.1 Å². The van der Waals surface area contributed by atoms with Crippen LogP contribution in [0.25, 0.3) is 10.2 Å². The summed E-state index contributed by atoms with van der Waals surface area (Å²) in [7, 11) is 1.79. The summed E-state index contributed by atoms with van der Waals surface area (Å²) >= 11 is 7.46. The quantitative estimate of drug-likeness (QED) is 0.219. The fraction of sp³-hybridized carbons (Fsp3) is 0.318. The van der Waals surface area contributed by atoms with Crippen LogP contribution in [0.4, 0.5) is 16.5 Å². The summed E-state index contributed by atoms with van der Waals surface area (Å²) in [4.78, 5) is 30.8. The minimum atomic E-state index is -1.48. The number of rotatable bonds is 11. The summed E-state index contributed by atoms with van der Waals surface area (Å²) in [5.41, 5.74) is 7.68. The number of likely N-dealkylation sites (N-methyl/N-ethyl adjacent to an activating group) is 1. The zero-order valence-corrected chi connectivity index (χ0v) is 20.3. The normalized spacial score (nSPS) is 17.7. The van der Waals surface area contributed by atoms with Gasteiger partial charge in [0.25, 0.3) is 5.91 Å². The molecule has 7 N–H and O–H groups in total. The number of hydrogen-bond donors (Lipinski definition) is 6. The van der Waals surface area contributed by atoms with Crippen molar-refractivity contribution in [3.63, 3.8) is 0 Å². The standard InChI is InChI=1S/C22H25ClN6O5S/c1-25-6-7-29-16-5-2-12(20(32)33)10-15(16)27-22(29,18(19(24)31)34-9-8-30)28-21-26-14-4-3-13(23)11-17(14)35-21/h2-5,10-11,18,25,27,30H,6-9H2,1H3,(H2,24,31)(H,26,28)(H,32,33). The Morgan fingerprint density at radius 3 is 2.83 bits per heavy atom. The maximum Gasteiger partial charge on any atom is 0.335 e. The van der Waals surface area contributed by atoms with Crippen LogP contribution in [0.2, 0.25) is 5.02 Å². The number of nitrogens with zero attached hydrogens (tertiary/aromatic N) is 2. The van der Waals surface area contributed by atoms with Crippen LogP contribution in [0.15, 0.2) is 36.4 Å². The first-order valence-corrected chi connectivity index (χ1v) is 11.9. The molecule has 2 heterocycles. The van der Waals surface area contributed by atoms with Crippen molar-refractivity contribution in [3.8, 4) is 0 Å². The lowest BCUT2D eigenvalue weighted by molar-refractivity contribution is -0.133. The summed E-state index contributed by atoms with van der Waals surface area (Å²) in [6.07, 6.45) is -1.30. The van der Waals surface area contributed by atoms with Crippen LogP contribution in [-0.4, -0.2) is 72.3 Å². The number of carboxylic acids is 1. The summed E-state index contributed by atoms with van der Waals surface area (Å²) < 4.78 is 6.58. The van der Waals surface area contributed by atoms with Gasteiger partial charge < -0.3 is 41.5 Å². The zero-order valence-electron chi connectivity index (χ0n) is 18.7. The fourth-order valence-corrected chi connectivity index (χ4v) is 5.25. The molecule has 0 fully saturated rings. The number of hydrogen-bond acceptors (Lipinski definition) is 10. The van der Waals surface area contributed by atoms with Crippen molar-refractivity contribution in [2.24, 2.45) is 5.73 Å². The van der Waals surface area contributed by atoms with Crippen molar-refractivity contribution in [2.45, 2.75) is 11.9 Å². The lowest BCUT2D eigenvalue weighted by Crippen LogP contribution is -2.69. The molecule has 3 aromatic rings. The number of fused-ring (bicyclic) bond motifs is 2. The van der Waals surface area contributed by atoms with E-state index >= 15 is 0 Å². The number of carboxylic acid groups (broad SMARTS) is 1. The maximum absolute atomic E-state index is 12.7. The molecule has 2 atom stereocenters. The van der Waals surface area contributed by atoms with Gasteiger partial charge >= 0.3 is 5.97 Å². The Kier molecular flexibility index (Phi) is 7.28. The van der Waals surface area contributed by atoms with E-state index < -0.39 is 23.8 Å². The zero-order chi connectivity index (χ0) is 25.2. The van der Waals surface area contributed by atoms with E-state index in [4.69, 9.17) is 22.1 Å². The van der Waals surface area contributed by atoms with Crippen molar-refractivity contribution in [3.05, 3.63) is 47.0 Å². The van der Waals surface area contributed by atoms with Gasteiger partial charge in [0, 0.05) is 18.1 Å². The molecule has 1 aromatic heterocycles. The highest BCUT2D eigenvalue weighted by atomic mass is 35.5. The van der Waals surface area contributed by atoms with E-state index in [1.54, 1.807) is 31.3 Å². The number of benzene rings is 2. The Morgan fingerprint density at radius 1 is 1.34 bits per heavy atom. The number of ether oxygens (including phenoxy) is 1. The Hall–Kier alpha value is -3.16. The first kappa shape index (κ1) is 24.9. The number of aliphatic hydroxyl groups is 1. The van der Waals surface area contributed by atoms with Crippen LogP contribution in [0.3, 0.4) is 0 Å². The third-order valence-corrected chi connectivity index (χ3v) is 6.70. The van der Waals surface area contributed by atoms with Gasteiger partial charge in [-0.2, -0.15) is 0 Å². The van der Waals surface area contributed by atoms with E-state index in [1.165, 1.54) is 23.5 Å². The third-order valence-electron chi connectivity index (χ3n) is 5.53. The number of anilines is 3. The molecule has 0 aliphatic carbocycles. The Bertz CT molecular complexity index is 1260. The van der Waals surface area contributed by atoms with Crippen LogP contribution in [0, 0.1) is 0 Å². The molecule has 2 aromatic carbocycles. The molecule has 4 rings (SSSR count). The molecule has 0 spiro atoms. The predicted molar refractivity (Wildman–Crippen MR) is 135 cm³/mol. The van der Waals surface area contributed by atoms with Gasteiger partial charge in [-0.15, -0.1) is 0 Å². The van der Waals surface area contributed by atoms with Crippen LogP contribution in [0.1, 0.15) is 10.4 Å². The molecule has 1 aliphatic heterocycles. The number of nitrogens with two attached hydrogens (primary N) is 1.